The molecule has 260 valence electrons. The van der Waals surface area contributed by atoms with Gasteiger partial charge in [0.15, 0.2) is 0 Å². The number of piperidine rings is 2. The maximum absolute atomic E-state index is 15.3. The first-order valence-corrected chi connectivity index (χ1v) is 17.6. The molecule has 0 spiro atoms. The van der Waals surface area contributed by atoms with E-state index >= 15 is 4.39 Å². The number of benzene rings is 1. The van der Waals surface area contributed by atoms with Crippen molar-refractivity contribution in [2.45, 2.75) is 37.3 Å². The average Bonchev–Trinajstić information content (AvgIpc) is 3.71. The molecule has 0 radical (unpaired) electrons. The quantitative estimate of drug-likeness (QED) is 0.269. The van der Waals surface area contributed by atoms with Crippen LogP contribution in [0.5, 0.6) is 0 Å². The van der Waals surface area contributed by atoms with Crippen molar-refractivity contribution in [3.05, 3.63) is 99.9 Å². The minimum atomic E-state index is -1.16. The number of fused-ring (bicyclic) bond motifs is 1. The van der Waals surface area contributed by atoms with E-state index in [0.717, 1.165) is 28.3 Å². The summed E-state index contributed by atoms with van der Waals surface area (Å²) in [6.07, 6.45) is 6.00. The van der Waals surface area contributed by atoms with Crippen molar-refractivity contribution in [3.8, 4) is 10.4 Å². The summed E-state index contributed by atoms with van der Waals surface area (Å²) in [4.78, 5) is 55.9. The van der Waals surface area contributed by atoms with Crippen LogP contribution in [0.25, 0.3) is 21.5 Å². The lowest BCUT2D eigenvalue weighted by atomic mass is 9.79. The third kappa shape index (κ3) is 6.42. The van der Waals surface area contributed by atoms with Crippen LogP contribution >= 0.6 is 11.3 Å². The number of pyridine rings is 1. The predicted octanol–water partition coefficient (Wildman–Crippen LogP) is 4.36. The average molecular weight is 698 g/mol. The Bertz CT molecular complexity index is 2080. The summed E-state index contributed by atoms with van der Waals surface area (Å²) in [7, 11) is 5.62. The number of aryl methyl sites for hydroxylation is 1. The minimum absolute atomic E-state index is 0.0178. The van der Waals surface area contributed by atoms with E-state index in [2.05, 4.69) is 9.97 Å². The van der Waals surface area contributed by atoms with Crippen molar-refractivity contribution < 1.29 is 19.1 Å². The van der Waals surface area contributed by atoms with Crippen LogP contribution in [-0.4, -0.2) is 91.7 Å². The Morgan fingerprint density at radius 1 is 1.04 bits per heavy atom. The third-order valence-electron chi connectivity index (χ3n) is 10.1. The van der Waals surface area contributed by atoms with E-state index in [1.54, 1.807) is 32.8 Å². The van der Waals surface area contributed by atoms with Crippen molar-refractivity contribution in [1.29, 1.82) is 0 Å². The standard InChI is InChI=1S/C37H40FN7O4S/c1-41(2)31-10-9-25(20-39-31)30-19-29(38)32(50-30)36(48)44-16-12-26(28(21-44)24-7-5-4-6-8-24)34(46)43-17-13-37(49,14-18-43)22-45-23-40-33-27(35(45)47)11-15-42(33)3/h4-11,15,19-20,23,26,28,49H,12-14,16-18,21-22H2,1-3H3/t26-,28+/m1/s1. The van der Waals surface area contributed by atoms with E-state index in [1.807, 2.05) is 68.5 Å². The first-order chi connectivity index (χ1) is 24.0. The number of aromatic nitrogens is 4. The molecule has 11 nitrogen and oxygen atoms in total. The van der Waals surface area contributed by atoms with Gasteiger partial charge in [0.25, 0.3) is 11.5 Å². The molecule has 0 bridgehead atoms. The summed E-state index contributed by atoms with van der Waals surface area (Å²) in [6.45, 7) is 1.39. The number of carbonyl (C=O) groups is 2. The molecule has 50 heavy (non-hydrogen) atoms. The highest BCUT2D eigenvalue weighted by atomic mass is 32.1. The number of hydrogen-bond acceptors (Lipinski definition) is 8. The number of likely N-dealkylation sites (tertiary alicyclic amines) is 2. The molecular formula is C37H40FN7O4S. The highest BCUT2D eigenvalue weighted by Crippen LogP contribution is 2.38. The highest BCUT2D eigenvalue weighted by molar-refractivity contribution is 7.17. The van der Waals surface area contributed by atoms with Gasteiger partial charge >= 0.3 is 0 Å². The van der Waals surface area contributed by atoms with Gasteiger partial charge in [-0.15, -0.1) is 11.3 Å². The van der Waals surface area contributed by atoms with Crippen LogP contribution in [0, 0.1) is 11.7 Å². The predicted molar refractivity (Wildman–Crippen MR) is 191 cm³/mol. The van der Waals surface area contributed by atoms with E-state index in [0.29, 0.717) is 54.8 Å². The molecule has 0 unspecified atom stereocenters. The fourth-order valence-corrected chi connectivity index (χ4v) is 8.21. The van der Waals surface area contributed by atoms with Crippen LogP contribution in [0.1, 0.15) is 40.4 Å². The molecule has 13 heteroatoms. The maximum atomic E-state index is 15.3. The molecule has 0 saturated carbocycles. The number of hydrogen-bond donors (Lipinski definition) is 1. The van der Waals surface area contributed by atoms with Gasteiger partial charge in [-0.05, 0) is 49.1 Å². The molecule has 1 N–H and O–H groups in total. The van der Waals surface area contributed by atoms with Crippen molar-refractivity contribution in [2.24, 2.45) is 13.0 Å². The Morgan fingerprint density at radius 2 is 1.80 bits per heavy atom. The fourth-order valence-electron chi connectivity index (χ4n) is 7.21. The molecule has 2 fully saturated rings. The number of rotatable bonds is 7. The maximum Gasteiger partial charge on any atom is 0.266 e. The molecule has 7 rings (SSSR count). The number of carbonyl (C=O) groups excluding carboxylic acids is 2. The summed E-state index contributed by atoms with van der Waals surface area (Å²) < 4.78 is 18.5. The van der Waals surface area contributed by atoms with Crippen LogP contribution in [0.3, 0.4) is 0 Å². The molecule has 4 aromatic heterocycles. The molecular weight excluding hydrogens is 658 g/mol. The number of amides is 2. The van der Waals surface area contributed by atoms with Crippen LogP contribution in [0.15, 0.2) is 78.1 Å². The number of nitrogens with zero attached hydrogens (tertiary/aromatic N) is 7. The molecule has 1 aromatic carbocycles. The van der Waals surface area contributed by atoms with E-state index in [9.17, 15) is 19.5 Å². The molecule has 2 amide bonds. The summed E-state index contributed by atoms with van der Waals surface area (Å²) in [5, 5.41) is 12.0. The molecule has 0 aliphatic carbocycles. The van der Waals surface area contributed by atoms with Gasteiger partial charge in [0, 0.05) is 82.0 Å². The zero-order chi connectivity index (χ0) is 35.2. The lowest BCUT2D eigenvalue weighted by Crippen LogP contribution is -2.53. The second-order valence-electron chi connectivity index (χ2n) is 13.6. The zero-order valence-corrected chi connectivity index (χ0v) is 29.1. The van der Waals surface area contributed by atoms with Gasteiger partial charge in [0.1, 0.15) is 28.5 Å². The van der Waals surface area contributed by atoms with Crippen molar-refractivity contribution in [2.75, 3.05) is 45.2 Å². The van der Waals surface area contributed by atoms with Crippen molar-refractivity contribution >= 4 is 40.0 Å². The number of anilines is 1. The SMILES string of the molecule is CN(C)c1ccc(-c2cc(F)c(C(=O)N3CC[C@@H](C(=O)N4CCC(O)(Cn5cnc6c(ccn6C)c5=O)CC4)[C@H](c4ccccc4)C3)s2)cn1. The van der Waals surface area contributed by atoms with Gasteiger partial charge in [-0.25, -0.2) is 14.4 Å². The molecule has 2 atom stereocenters. The number of thiophene rings is 1. The molecule has 5 aromatic rings. The van der Waals surface area contributed by atoms with Gasteiger partial charge in [-0.3, -0.25) is 19.0 Å². The number of aliphatic hydroxyl groups is 1. The summed E-state index contributed by atoms with van der Waals surface area (Å²) in [5.41, 5.74) is 0.906. The molecule has 2 aliphatic heterocycles. The van der Waals surface area contributed by atoms with Gasteiger partial charge in [0.2, 0.25) is 5.91 Å². The largest absolute Gasteiger partial charge is 0.388 e. The van der Waals surface area contributed by atoms with E-state index in [4.69, 9.17) is 0 Å². The lowest BCUT2D eigenvalue weighted by Gasteiger charge is -2.43. The topological polar surface area (TPSA) is 117 Å². The molecule has 2 aliphatic rings. The van der Waals surface area contributed by atoms with Gasteiger partial charge < -0.3 is 24.4 Å². The first kappa shape index (κ1) is 33.6. The molecule has 2 saturated heterocycles. The van der Waals surface area contributed by atoms with Gasteiger partial charge in [-0.1, -0.05) is 30.3 Å². The summed E-state index contributed by atoms with van der Waals surface area (Å²) >= 11 is 1.11. The second kappa shape index (κ2) is 13.4. The Morgan fingerprint density at radius 3 is 2.50 bits per heavy atom. The number of halogens is 1. The van der Waals surface area contributed by atoms with Crippen LogP contribution in [0.2, 0.25) is 0 Å². The third-order valence-corrected chi connectivity index (χ3v) is 11.3. The van der Waals surface area contributed by atoms with Gasteiger partial charge in [0.05, 0.1) is 17.5 Å². The normalized spacial score (nSPS) is 19.1. The van der Waals surface area contributed by atoms with E-state index in [-0.39, 0.29) is 47.2 Å². The lowest BCUT2D eigenvalue weighted by molar-refractivity contribution is -0.142. The highest BCUT2D eigenvalue weighted by Gasteiger charge is 2.42. The van der Waals surface area contributed by atoms with Gasteiger partial charge in [-0.2, -0.15) is 0 Å². The Balaban J connectivity index is 1.05. The van der Waals surface area contributed by atoms with Crippen molar-refractivity contribution in [1.82, 2.24) is 28.9 Å². The monoisotopic (exact) mass is 697 g/mol. The fraction of sp³-hybridized carbons (Fsp3) is 0.378. The van der Waals surface area contributed by atoms with Crippen LogP contribution in [-0.2, 0) is 18.4 Å². The van der Waals surface area contributed by atoms with Crippen LogP contribution < -0.4 is 10.5 Å². The summed E-state index contributed by atoms with van der Waals surface area (Å²) in [5.74, 6) is -0.855. The first-order valence-electron chi connectivity index (χ1n) is 16.8. The summed E-state index contributed by atoms with van der Waals surface area (Å²) in [6, 6.07) is 16.5. The zero-order valence-electron chi connectivity index (χ0n) is 28.3. The van der Waals surface area contributed by atoms with Crippen molar-refractivity contribution in [3.63, 3.8) is 0 Å². The van der Waals surface area contributed by atoms with E-state index < -0.39 is 11.4 Å². The Hall–Kier alpha value is -4.88. The molecule has 6 heterocycles. The Kier molecular flexibility index (Phi) is 9.04. The van der Waals surface area contributed by atoms with E-state index in [1.165, 1.54) is 17.0 Å². The van der Waals surface area contributed by atoms with Crippen LogP contribution in [0.4, 0.5) is 10.2 Å². The Labute approximate surface area is 293 Å². The second-order valence-corrected chi connectivity index (χ2v) is 14.7. The smallest absolute Gasteiger partial charge is 0.266 e. The minimum Gasteiger partial charge on any atom is -0.388 e.